The summed E-state index contributed by atoms with van der Waals surface area (Å²) in [6.45, 7) is 6.38. The summed E-state index contributed by atoms with van der Waals surface area (Å²) in [5, 5.41) is 0. The quantitative estimate of drug-likeness (QED) is 0.790. The fourth-order valence-corrected chi connectivity index (χ4v) is 2.45. The van der Waals surface area contributed by atoms with E-state index in [0.717, 1.165) is 37.4 Å². The van der Waals surface area contributed by atoms with Gasteiger partial charge in [0.25, 0.3) is 0 Å². The molecule has 0 radical (unpaired) electrons. The van der Waals surface area contributed by atoms with Crippen LogP contribution in [0, 0.1) is 0 Å². The zero-order valence-corrected chi connectivity index (χ0v) is 10.3. The Bertz CT molecular complexity index is 547. The number of fused-ring (bicyclic) bond motifs is 3. The molecule has 2 aromatic rings. The van der Waals surface area contributed by atoms with Gasteiger partial charge in [-0.15, -0.1) is 0 Å². The van der Waals surface area contributed by atoms with Gasteiger partial charge in [0, 0.05) is 19.2 Å². The van der Waals surface area contributed by atoms with Crippen LogP contribution in [-0.2, 0) is 13.1 Å². The third kappa shape index (κ3) is 1.69. The van der Waals surface area contributed by atoms with Gasteiger partial charge in [-0.05, 0) is 18.7 Å². The van der Waals surface area contributed by atoms with Crippen molar-refractivity contribution in [3.8, 4) is 5.75 Å². The summed E-state index contributed by atoms with van der Waals surface area (Å²) in [6, 6.07) is 6.12. The van der Waals surface area contributed by atoms with Crippen molar-refractivity contribution >= 4 is 11.0 Å². The number of aromatic nitrogens is 2. The Hall–Kier alpha value is -1.55. The molecule has 0 spiro atoms. The standard InChI is InChI=1S/C13H17N3O/c1-3-15-6-7-16-12-5-4-10(17-2)8-11(12)14-13(16)9-15/h4-5,8H,3,6-7,9H2,1-2H3. The number of nitrogens with zero attached hydrogens (tertiary/aromatic N) is 3. The smallest absolute Gasteiger partial charge is 0.124 e. The molecule has 4 heteroatoms. The van der Waals surface area contributed by atoms with Gasteiger partial charge in [0.1, 0.15) is 11.6 Å². The molecule has 1 aliphatic rings. The van der Waals surface area contributed by atoms with E-state index in [4.69, 9.17) is 9.72 Å². The van der Waals surface area contributed by atoms with Crippen molar-refractivity contribution in [3.63, 3.8) is 0 Å². The normalized spacial score (nSPS) is 16.1. The van der Waals surface area contributed by atoms with Crippen molar-refractivity contribution in [3.05, 3.63) is 24.0 Å². The largest absolute Gasteiger partial charge is 0.497 e. The molecule has 0 saturated carbocycles. The van der Waals surface area contributed by atoms with Gasteiger partial charge in [0.15, 0.2) is 0 Å². The molecule has 1 aliphatic heterocycles. The molecule has 0 atom stereocenters. The first kappa shape index (κ1) is 10.6. The van der Waals surface area contributed by atoms with Gasteiger partial charge >= 0.3 is 0 Å². The van der Waals surface area contributed by atoms with Crippen molar-refractivity contribution in [2.24, 2.45) is 0 Å². The summed E-state index contributed by atoms with van der Waals surface area (Å²) in [6.07, 6.45) is 0. The van der Waals surface area contributed by atoms with Crippen molar-refractivity contribution in [1.29, 1.82) is 0 Å². The van der Waals surface area contributed by atoms with E-state index in [9.17, 15) is 0 Å². The molecule has 17 heavy (non-hydrogen) atoms. The third-order valence-corrected chi connectivity index (χ3v) is 3.49. The van der Waals surface area contributed by atoms with E-state index in [1.54, 1.807) is 7.11 Å². The first-order valence-electron chi connectivity index (χ1n) is 6.07. The first-order valence-corrected chi connectivity index (χ1v) is 6.07. The maximum absolute atomic E-state index is 5.24. The second-order valence-corrected chi connectivity index (χ2v) is 4.40. The van der Waals surface area contributed by atoms with Crippen molar-refractivity contribution in [1.82, 2.24) is 14.5 Å². The van der Waals surface area contributed by atoms with Crippen molar-refractivity contribution in [2.75, 3.05) is 20.2 Å². The van der Waals surface area contributed by atoms with Crippen LogP contribution in [0.2, 0.25) is 0 Å². The van der Waals surface area contributed by atoms with Gasteiger partial charge in [-0.1, -0.05) is 6.92 Å². The van der Waals surface area contributed by atoms with Gasteiger partial charge in [-0.3, -0.25) is 4.90 Å². The molecule has 0 saturated heterocycles. The Kier molecular flexibility index (Phi) is 2.52. The summed E-state index contributed by atoms with van der Waals surface area (Å²) < 4.78 is 7.56. The third-order valence-electron chi connectivity index (χ3n) is 3.49. The summed E-state index contributed by atoms with van der Waals surface area (Å²) in [7, 11) is 1.69. The van der Waals surface area contributed by atoms with Gasteiger partial charge in [0.05, 0.1) is 24.7 Å². The second kappa shape index (κ2) is 4.04. The van der Waals surface area contributed by atoms with Crippen LogP contribution >= 0.6 is 0 Å². The summed E-state index contributed by atoms with van der Waals surface area (Å²) in [5.74, 6) is 2.04. The van der Waals surface area contributed by atoms with Crippen LogP contribution in [0.1, 0.15) is 12.7 Å². The highest BCUT2D eigenvalue weighted by Gasteiger charge is 2.18. The number of imidazole rings is 1. The number of hydrogen-bond acceptors (Lipinski definition) is 3. The van der Waals surface area contributed by atoms with Crippen molar-refractivity contribution in [2.45, 2.75) is 20.0 Å². The highest BCUT2D eigenvalue weighted by atomic mass is 16.5. The fourth-order valence-electron chi connectivity index (χ4n) is 2.45. The van der Waals surface area contributed by atoms with Crippen molar-refractivity contribution < 1.29 is 4.74 Å². The second-order valence-electron chi connectivity index (χ2n) is 4.40. The van der Waals surface area contributed by atoms with E-state index < -0.39 is 0 Å². The highest BCUT2D eigenvalue weighted by Crippen LogP contribution is 2.24. The maximum atomic E-state index is 5.24. The number of ether oxygens (including phenoxy) is 1. The zero-order chi connectivity index (χ0) is 11.8. The lowest BCUT2D eigenvalue weighted by molar-refractivity contribution is 0.230. The Balaban J connectivity index is 2.08. The fraction of sp³-hybridized carbons (Fsp3) is 0.462. The molecular weight excluding hydrogens is 214 g/mol. The number of methoxy groups -OCH3 is 1. The summed E-state index contributed by atoms with van der Waals surface area (Å²) in [4.78, 5) is 7.12. The molecule has 0 N–H and O–H groups in total. The number of likely N-dealkylation sites (N-methyl/N-ethyl adjacent to an activating group) is 1. The molecule has 1 aromatic heterocycles. The van der Waals surface area contributed by atoms with Crippen LogP contribution in [0.4, 0.5) is 0 Å². The molecule has 0 aliphatic carbocycles. The van der Waals surface area contributed by atoms with Crippen LogP contribution in [-0.4, -0.2) is 34.7 Å². The Labute approximate surface area is 101 Å². The molecule has 0 bridgehead atoms. The average Bonchev–Trinajstić information content (AvgIpc) is 2.74. The topological polar surface area (TPSA) is 30.3 Å². The minimum atomic E-state index is 0.875. The number of hydrogen-bond donors (Lipinski definition) is 0. The molecule has 2 heterocycles. The van der Waals surface area contributed by atoms with Crippen LogP contribution in [0.3, 0.4) is 0 Å². The highest BCUT2D eigenvalue weighted by molar-refractivity contribution is 5.77. The van der Waals surface area contributed by atoms with Gasteiger partial charge in [0.2, 0.25) is 0 Å². The van der Waals surface area contributed by atoms with E-state index >= 15 is 0 Å². The van der Waals surface area contributed by atoms with E-state index in [2.05, 4.69) is 22.5 Å². The minimum absolute atomic E-state index is 0.875. The van der Waals surface area contributed by atoms with E-state index in [1.165, 1.54) is 11.3 Å². The van der Waals surface area contributed by atoms with Crippen LogP contribution in [0.5, 0.6) is 5.75 Å². The van der Waals surface area contributed by atoms with Gasteiger partial charge < -0.3 is 9.30 Å². The number of benzene rings is 1. The Morgan fingerprint density at radius 3 is 3.00 bits per heavy atom. The number of rotatable bonds is 2. The lowest BCUT2D eigenvalue weighted by atomic mass is 10.3. The lowest BCUT2D eigenvalue weighted by Crippen LogP contribution is -2.33. The molecular formula is C13H17N3O. The minimum Gasteiger partial charge on any atom is -0.497 e. The SMILES string of the molecule is CCN1CCn2c(nc3cc(OC)ccc32)C1. The molecule has 0 unspecified atom stereocenters. The molecule has 0 fully saturated rings. The zero-order valence-electron chi connectivity index (χ0n) is 10.3. The molecule has 4 nitrogen and oxygen atoms in total. The van der Waals surface area contributed by atoms with Gasteiger partial charge in [-0.2, -0.15) is 0 Å². The van der Waals surface area contributed by atoms with Gasteiger partial charge in [-0.25, -0.2) is 4.98 Å². The summed E-state index contributed by atoms with van der Waals surface area (Å²) >= 11 is 0. The van der Waals surface area contributed by atoms with E-state index in [-0.39, 0.29) is 0 Å². The van der Waals surface area contributed by atoms with Crippen LogP contribution < -0.4 is 4.74 Å². The van der Waals surface area contributed by atoms with E-state index in [0.29, 0.717) is 0 Å². The molecule has 1 aromatic carbocycles. The maximum Gasteiger partial charge on any atom is 0.124 e. The summed E-state index contributed by atoms with van der Waals surface area (Å²) in [5.41, 5.74) is 2.26. The lowest BCUT2D eigenvalue weighted by Gasteiger charge is -2.26. The predicted octanol–water partition coefficient (Wildman–Crippen LogP) is 1.88. The predicted molar refractivity (Wildman–Crippen MR) is 67.2 cm³/mol. The van der Waals surface area contributed by atoms with Crippen LogP contribution in [0.15, 0.2) is 18.2 Å². The first-order chi connectivity index (χ1) is 8.31. The molecule has 3 rings (SSSR count). The molecule has 90 valence electrons. The van der Waals surface area contributed by atoms with Crippen LogP contribution in [0.25, 0.3) is 11.0 Å². The van der Waals surface area contributed by atoms with E-state index in [1.807, 2.05) is 12.1 Å². The Morgan fingerprint density at radius 2 is 2.24 bits per heavy atom. The Morgan fingerprint density at radius 1 is 1.35 bits per heavy atom. The molecule has 0 amide bonds. The monoisotopic (exact) mass is 231 g/mol. The average molecular weight is 231 g/mol.